The summed E-state index contributed by atoms with van der Waals surface area (Å²) >= 11 is 1.29. The monoisotopic (exact) mass is 522 g/mol. The second kappa shape index (κ2) is 8.45. The highest BCUT2D eigenvalue weighted by molar-refractivity contribution is 7.92. The number of sulfonamides is 1. The molecule has 0 aliphatic heterocycles. The summed E-state index contributed by atoms with van der Waals surface area (Å²) in [6.07, 6.45) is 6.15. The van der Waals surface area contributed by atoms with E-state index in [1.54, 1.807) is 30.0 Å². The molecule has 1 aliphatic rings. The van der Waals surface area contributed by atoms with Crippen LogP contribution in [0.1, 0.15) is 30.1 Å². The van der Waals surface area contributed by atoms with E-state index >= 15 is 0 Å². The second-order valence-corrected chi connectivity index (χ2v) is 11.6. The van der Waals surface area contributed by atoms with Gasteiger partial charge in [-0.15, -0.1) is 11.3 Å². The van der Waals surface area contributed by atoms with E-state index in [-0.39, 0.29) is 12.1 Å². The molecule has 9 nitrogen and oxygen atoms in total. The largest absolute Gasteiger partial charge is 0.497 e. The fourth-order valence-corrected chi connectivity index (χ4v) is 6.26. The lowest BCUT2D eigenvalue weighted by molar-refractivity contribution is 0.414. The molecule has 0 amide bonds. The van der Waals surface area contributed by atoms with Crippen molar-refractivity contribution >= 4 is 47.4 Å². The van der Waals surface area contributed by atoms with Gasteiger partial charge in [-0.3, -0.25) is 14.1 Å². The maximum atomic E-state index is 14.0. The van der Waals surface area contributed by atoms with Crippen LogP contribution in [0.5, 0.6) is 5.75 Å². The number of hydrogen-bond donors (Lipinski definition) is 1. The summed E-state index contributed by atoms with van der Waals surface area (Å²) in [5.41, 5.74) is 2.15. The Balaban J connectivity index is 1.65. The minimum Gasteiger partial charge on any atom is -0.497 e. The van der Waals surface area contributed by atoms with Gasteiger partial charge in [0.15, 0.2) is 6.39 Å². The van der Waals surface area contributed by atoms with Gasteiger partial charge in [-0.2, -0.15) is 0 Å². The molecule has 1 saturated carbocycles. The summed E-state index contributed by atoms with van der Waals surface area (Å²) < 4.78 is 39.6. The predicted octanol–water partition coefficient (Wildman–Crippen LogP) is 4.57. The fourth-order valence-electron chi connectivity index (χ4n) is 4.49. The normalized spacial score (nSPS) is 13.9. The number of nitrogens with one attached hydrogen (secondary N) is 1. The zero-order valence-electron chi connectivity index (χ0n) is 19.5. The van der Waals surface area contributed by atoms with E-state index in [4.69, 9.17) is 14.1 Å². The molecular formula is C25H22N4O5S2. The summed E-state index contributed by atoms with van der Waals surface area (Å²) in [7, 11) is -1.87. The molecule has 184 valence electrons. The molecule has 0 radical (unpaired) electrons. The first kappa shape index (κ1) is 22.7. The van der Waals surface area contributed by atoms with Crippen molar-refractivity contribution in [2.45, 2.75) is 25.3 Å². The third-order valence-electron chi connectivity index (χ3n) is 6.23. The highest BCUT2D eigenvalue weighted by Crippen LogP contribution is 2.46. The summed E-state index contributed by atoms with van der Waals surface area (Å²) in [5, 5.41) is 1.09. The van der Waals surface area contributed by atoms with Gasteiger partial charge in [0.25, 0.3) is 5.56 Å². The van der Waals surface area contributed by atoms with Crippen LogP contribution in [0.2, 0.25) is 0 Å². The van der Waals surface area contributed by atoms with Gasteiger partial charge < -0.3 is 9.15 Å². The maximum Gasteiger partial charge on any atom is 0.263 e. The summed E-state index contributed by atoms with van der Waals surface area (Å²) in [6.45, 7) is 0.159. The van der Waals surface area contributed by atoms with Crippen molar-refractivity contribution < 1.29 is 17.6 Å². The van der Waals surface area contributed by atoms with Crippen LogP contribution in [0, 0.1) is 0 Å². The van der Waals surface area contributed by atoms with E-state index in [9.17, 15) is 13.2 Å². The number of anilines is 1. The van der Waals surface area contributed by atoms with Crippen LogP contribution in [-0.2, 0) is 16.6 Å². The number of nitrogens with zero attached hydrogens (tertiary/aromatic N) is 3. The number of oxazole rings is 1. The van der Waals surface area contributed by atoms with Crippen molar-refractivity contribution in [2.75, 3.05) is 18.1 Å². The van der Waals surface area contributed by atoms with E-state index in [1.807, 2.05) is 24.3 Å². The number of benzene rings is 2. The summed E-state index contributed by atoms with van der Waals surface area (Å²) in [5.74, 6) is 2.19. The van der Waals surface area contributed by atoms with Crippen LogP contribution >= 0.6 is 11.3 Å². The maximum absolute atomic E-state index is 14.0. The molecular weight excluding hydrogens is 500 g/mol. The molecule has 3 aromatic heterocycles. The first-order valence-corrected chi connectivity index (χ1v) is 14.0. The van der Waals surface area contributed by atoms with Gasteiger partial charge in [0.2, 0.25) is 10.0 Å². The van der Waals surface area contributed by atoms with E-state index < -0.39 is 10.0 Å². The number of fused-ring (bicyclic) bond motifs is 3. The van der Waals surface area contributed by atoms with Crippen LogP contribution in [0.4, 0.5) is 5.69 Å². The van der Waals surface area contributed by atoms with Crippen molar-refractivity contribution in [1.29, 1.82) is 0 Å². The summed E-state index contributed by atoms with van der Waals surface area (Å²) in [6, 6.07) is 11.1. The Hall–Kier alpha value is -3.70. The zero-order valence-corrected chi connectivity index (χ0v) is 21.1. The van der Waals surface area contributed by atoms with Crippen molar-refractivity contribution in [1.82, 2.24) is 14.5 Å². The van der Waals surface area contributed by atoms with E-state index in [0.717, 1.165) is 36.0 Å². The van der Waals surface area contributed by atoms with E-state index in [2.05, 4.69) is 9.71 Å². The molecule has 3 heterocycles. The average Bonchev–Trinajstić information content (AvgIpc) is 3.42. The molecule has 1 N–H and O–H groups in total. The van der Waals surface area contributed by atoms with Crippen LogP contribution in [-0.4, -0.2) is 36.3 Å². The van der Waals surface area contributed by atoms with Gasteiger partial charge in [0, 0.05) is 10.9 Å². The van der Waals surface area contributed by atoms with E-state index in [1.165, 1.54) is 17.7 Å². The highest BCUT2D eigenvalue weighted by Gasteiger charge is 2.29. The number of hydrogen-bond acceptors (Lipinski definition) is 8. The molecule has 11 heteroatoms. The second-order valence-electron chi connectivity index (χ2n) is 8.86. The molecule has 0 saturated heterocycles. The smallest absolute Gasteiger partial charge is 0.263 e. The number of aromatic nitrogens is 3. The molecule has 2 aromatic carbocycles. The van der Waals surface area contributed by atoms with Crippen LogP contribution in [0.25, 0.3) is 31.7 Å². The summed E-state index contributed by atoms with van der Waals surface area (Å²) in [4.78, 5) is 23.6. The first-order chi connectivity index (χ1) is 17.3. The Kier molecular flexibility index (Phi) is 5.34. The Labute approximate surface area is 210 Å². The molecule has 0 atom stereocenters. The fraction of sp³-hybridized carbons (Fsp3) is 0.240. The predicted molar refractivity (Wildman–Crippen MR) is 139 cm³/mol. The Morgan fingerprint density at radius 1 is 1.25 bits per heavy atom. The van der Waals surface area contributed by atoms with E-state index in [0.29, 0.717) is 43.5 Å². The van der Waals surface area contributed by atoms with Crippen molar-refractivity contribution in [3.05, 3.63) is 70.7 Å². The standard InChI is InChI=1S/C25H22N4O5S2/c1-33-15-8-9-17(19(10-15)14-6-7-14)23-27-24-21(25(30)29(23)12-16-11-26-13-34-16)18-4-3-5-20(22(18)35-24)28-36(2,31)32/h3-5,8-11,13-14,28H,6-7,12H2,1-2H3. The molecule has 6 rings (SSSR count). The lowest BCUT2D eigenvalue weighted by Crippen LogP contribution is -2.24. The Bertz CT molecular complexity index is 1790. The Morgan fingerprint density at radius 3 is 2.78 bits per heavy atom. The molecule has 5 aromatic rings. The lowest BCUT2D eigenvalue weighted by Gasteiger charge is -2.15. The SMILES string of the molecule is COc1ccc(-c2nc3sc4c(NS(C)(=O)=O)cccc4c3c(=O)n2Cc2cnco2)c(C2CC2)c1. The topological polar surface area (TPSA) is 116 Å². The van der Waals surface area contributed by atoms with Crippen molar-refractivity contribution in [3.63, 3.8) is 0 Å². The number of ether oxygens (including phenoxy) is 1. The van der Waals surface area contributed by atoms with Crippen molar-refractivity contribution in [2.24, 2.45) is 0 Å². The van der Waals surface area contributed by atoms with Crippen LogP contribution in [0.15, 0.2) is 58.2 Å². The van der Waals surface area contributed by atoms with Gasteiger partial charge >= 0.3 is 0 Å². The Morgan fingerprint density at radius 2 is 2.08 bits per heavy atom. The third kappa shape index (κ3) is 4.03. The molecule has 1 fully saturated rings. The molecule has 36 heavy (non-hydrogen) atoms. The van der Waals surface area contributed by atoms with Gasteiger partial charge in [-0.1, -0.05) is 12.1 Å². The van der Waals surface area contributed by atoms with Gasteiger partial charge in [-0.25, -0.2) is 18.4 Å². The number of rotatable bonds is 7. The lowest BCUT2D eigenvalue weighted by atomic mass is 10.0. The number of methoxy groups -OCH3 is 1. The van der Waals surface area contributed by atoms with Crippen LogP contribution in [0.3, 0.4) is 0 Å². The quantitative estimate of drug-likeness (QED) is 0.333. The average molecular weight is 523 g/mol. The van der Waals surface area contributed by atoms with Crippen molar-refractivity contribution in [3.8, 4) is 17.1 Å². The minimum absolute atomic E-state index is 0.159. The highest BCUT2D eigenvalue weighted by atomic mass is 32.2. The molecule has 0 spiro atoms. The third-order valence-corrected chi connectivity index (χ3v) is 7.95. The minimum atomic E-state index is -3.50. The zero-order chi connectivity index (χ0) is 25.0. The van der Waals surface area contributed by atoms with Gasteiger partial charge in [0.05, 0.1) is 41.9 Å². The molecule has 1 aliphatic carbocycles. The first-order valence-electron chi connectivity index (χ1n) is 11.3. The van der Waals surface area contributed by atoms with Gasteiger partial charge in [0.1, 0.15) is 22.2 Å². The molecule has 0 bridgehead atoms. The molecule has 0 unspecified atom stereocenters. The van der Waals surface area contributed by atoms with Crippen LogP contribution < -0.4 is 15.0 Å². The number of thiophene rings is 1. The van der Waals surface area contributed by atoms with Gasteiger partial charge in [-0.05, 0) is 48.6 Å².